The molecule has 6 heteroatoms. The van der Waals surface area contributed by atoms with Crippen molar-refractivity contribution in [3.05, 3.63) is 69.8 Å². The number of benzene rings is 1. The molecule has 0 saturated carbocycles. The SMILES string of the molecule is Cc1ccc(-c2nc(Cl)nc3c2C(=O)OC3Cc2ccccc2C)o1. The predicted molar refractivity (Wildman–Crippen MR) is 92.5 cm³/mol. The van der Waals surface area contributed by atoms with Gasteiger partial charge in [0.25, 0.3) is 0 Å². The third kappa shape index (κ3) is 2.81. The summed E-state index contributed by atoms with van der Waals surface area (Å²) in [6, 6.07) is 11.5. The van der Waals surface area contributed by atoms with Crippen LogP contribution in [0.2, 0.25) is 5.28 Å². The Balaban J connectivity index is 1.79. The molecule has 0 aliphatic carbocycles. The van der Waals surface area contributed by atoms with E-state index in [-0.39, 0.29) is 5.28 Å². The fourth-order valence-corrected chi connectivity index (χ4v) is 3.22. The lowest BCUT2D eigenvalue weighted by atomic mass is 9.99. The summed E-state index contributed by atoms with van der Waals surface area (Å²) in [6.45, 7) is 3.85. The number of aryl methyl sites for hydroxylation is 2. The highest BCUT2D eigenvalue weighted by Crippen LogP contribution is 2.38. The highest BCUT2D eigenvalue weighted by Gasteiger charge is 2.37. The van der Waals surface area contributed by atoms with E-state index in [2.05, 4.69) is 9.97 Å². The average molecular weight is 355 g/mol. The minimum absolute atomic E-state index is 0.0656. The van der Waals surface area contributed by atoms with Gasteiger partial charge in [-0.25, -0.2) is 14.8 Å². The standard InChI is InChI=1S/C19H15ClN2O3/c1-10-5-3-4-6-12(10)9-14-17-15(18(23)25-14)16(21-19(20)22-17)13-8-7-11(2)24-13/h3-8,14H,9H2,1-2H3. The molecule has 3 heterocycles. The molecule has 1 atom stereocenters. The molecule has 1 aliphatic heterocycles. The van der Waals surface area contributed by atoms with E-state index >= 15 is 0 Å². The van der Waals surface area contributed by atoms with Crippen LogP contribution in [0.4, 0.5) is 0 Å². The van der Waals surface area contributed by atoms with Crippen LogP contribution in [-0.2, 0) is 11.2 Å². The lowest BCUT2D eigenvalue weighted by Crippen LogP contribution is -2.05. The highest BCUT2D eigenvalue weighted by atomic mass is 35.5. The third-order valence-corrected chi connectivity index (χ3v) is 4.48. The van der Waals surface area contributed by atoms with Crippen LogP contribution in [0.1, 0.15) is 39.0 Å². The molecule has 126 valence electrons. The summed E-state index contributed by atoms with van der Waals surface area (Å²) in [4.78, 5) is 20.9. The van der Waals surface area contributed by atoms with E-state index in [1.54, 1.807) is 6.07 Å². The molecule has 2 aromatic heterocycles. The molecule has 0 amide bonds. The first-order valence-electron chi connectivity index (χ1n) is 7.92. The van der Waals surface area contributed by atoms with Crippen LogP contribution in [0.5, 0.6) is 0 Å². The molecule has 0 saturated heterocycles. The van der Waals surface area contributed by atoms with Crippen molar-refractivity contribution in [3.63, 3.8) is 0 Å². The Kier molecular flexibility index (Phi) is 3.81. The van der Waals surface area contributed by atoms with Crippen LogP contribution in [0.15, 0.2) is 40.8 Å². The Labute approximate surface area is 149 Å². The minimum atomic E-state index is -0.487. The van der Waals surface area contributed by atoms with Gasteiger partial charge in [0.05, 0.1) is 0 Å². The Hall–Kier alpha value is -2.66. The fourth-order valence-electron chi connectivity index (χ4n) is 3.05. The van der Waals surface area contributed by atoms with Crippen molar-refractivity contribution in [2.45, 2.75) is 26.4 Å². The molecule has 0 radical (unpaired) electrons. The van der Waals surface area contributed by atoms with Gasteiger partial charge in [0.2, 0.25) is 5.28 Å². The number of halogens is 1. The van der Waals surface area contributed by atoms with Gasteiger partial charge >= 0.3 is 5.97 Å². The monoisotopic (exact) mass is 354 g/mol. The van der Waals surface area contributed by atoms with Crippen LogP contribution in [0.25, 0.3) is 11.5 Å². The summed E-state index contributed by atoms with van der Waals surface area (Å²) in [6.07, 6.45) is 0.0500. The number of aromatic nitrogens is 2. The minimum Gasteiger partial charge on any atom is -0.460 e. The van der Waals surface area contributed by atoms with Gasteiger partial charge in [0, 0.05) is 6.42 Å². The summed E-state index contributed by atoms with van der Waals surface area (Å²) in [5.41, 5.74) is 3.45. The van der Waals surface area contributed by atoms with Crippen molar-refractivity contribution < 1.29 is 13.9 Å². The normalized spacial score (nSPS) is 16.0. The van der Waals surface area contributed by atoms with Crippen molar-refractivity contribution in [1.29, 1.82) is 0 Å². The zero-order valence-electron chi connectivity index (χ0n) is 13.7. The van der Waals surface area contributed by atoms with Gasteiger partial charge < -0.3 is 9.15 Å². The Morgan fingerprint density at radius 1 is 1.12 bits per heavy atom. The summed E-state index contributed by atoms with van der Waals surface area (Å²) in [5, 5.41) is 0.0656. The van der Waals surface area contributed by atoms with Gasteiger partial charge in [-0.05, 0) is 48.7 Å². The van der Waals surface area contributed by atoms with E-state index in [4.69, 9.17) is 20.8 Å². The number of furan rings is 1. The van der Waals surface area contributed by atoms with Gasteiger partial charge in [-0.1, -0.05) is 24.3 Å². The molecule has 0 N–H and O–H groups in total. The van der Waals surface area contributed by atoms with E-state index in [0.29, 0.717) is 29.1 Å². The first kappa shape index (κ1) is 15.8. The van der Waals surface area contributed by atoms with Crippen LogP contribution in [0, 0.1) is 13.8 Å². The largest absolute Gasteiger partial charge is 0.460 e. The van der Waals surface area contributed by atoms with Gasteiger partial charge in [0.15, 0.2) is 5.76 Å². The van der Waals surface area contributed by atoms with Crippen molar-refractivity contribution in [3.8, 4) is 11.5 Å². The summed E-state index contributed by atoms with van der Waals surface area (Å²) < 4.78 is 11.2. The molecule has 1 unspecified atom stereocenters. The van der Waals surface area contributed by atoms with Crippen molar-refractivity contribution >= 4 is 17.6 Å². The number of carbonyl (C=O) groups is 1. The number of hydrogen-bond acceptors (Lipinski definition) is 5. The molecule has 0 spiro atoms. The number of nitrogens with zero attached hydrogens (tertiary/aromatic N) is 2. The van der Waals surface area contributed by atoms with E-state index in [1.807, 2.05) is 44.2 Å². The topological polar surface area (TPSA) is 65.2 Å². The maximum absolute atomic E-state index is 12.5. The first-order chi connectivity index (χ1) is 12.0. The Bertz CT molecular complexity index is 981. The Morgan fingerprint density at radius 3 is 2.64 bits per heavy atom. The highest BCUT2D eigenvalue weighted by molar-refractivity contribution is 6.28. The molecule has 1 aromatic carbocycles. The fraction of sp³-hybridized carbons (Fsp3) is 0.211. The molecule has 1 aliphatic rings. The first-order valence-corrected chi connectivity index (χ1v) is 8.30. The quantitative estimate of drug-likeness (QED) is 0.513. The van der Waals surface area contributed by atoms with Gasteiger partial charge in [0.1, 0.15) is 28.8 Å². The Morgan fingerprint density at radius 2 is 1.92 bits per heavy atom. The maximum atomic E-state index is 12.5. The second-order valence-electron chi connectivity index (χ2n) is 6.04. The van der Waals surface area contributed by atoms with Crippen LogP contribution in [-0.4, -0.2) is 15.9 Å². The summed E-state index contributed by atoms with van der Waals surface area (Å²) >= 11 is 6.10. The van der Waals surface area contributed by atoms with E-state index in [0.717, 1.165) is 16.9 Å². The molecule has 0 bridgehead atoms. The number of rotatable bonds is 3. The predicted octanol–water partition coefficient (Wildman–Crippen LogP) is 4.46. The van der Waals surface area contributed by atoms with E-state index in [1.165, 1.54) is 0 Å². The second kappa shape index (κ2) is 6.01. The molecule has 3 aromatic rings. The van der Waals surface area contributed by atoms with E-state index in [9.17, 15) is 4.79 Å². The maximum Gasteiger partial charge on any atom is 0.343 e. The summed E-state index contributed by atoms with van der Waals surface area (Å²) in [7, 11) is 0. The molecular weight excluding hydrogens is 340 g/mol. The molecular formula is C19H15ClN2O3. The number of esters is 1. The smallest absolute Gasteiger partial charge is 0.343 e. The van der Waals surface area contributed by atoms with E-state index < -0.39 is 12.1 Å². The van der Waals surface area contributed by atoms with Gasteiger partial charge in [-0.15, -0.1) is 0 Å². The molecule has 5 nitrogen and oxygen atoms in total. The van der Waals surface area contributed by atoms with Crippen LogP contribution < -0.4 is 0 Å². The average Bonchev–Trinajstić information content (AvgIpc) is 3.13. The van der Waals surface area contributed by atoms with Crippen molar-refractivity contribution in [2.24, 2.45) is 0 Å². The zero-order chi connectivity index (χ0) is 17.6. The lowest BCUT2D eigenvalue weighted by Gasteiger charge is -2.12. The summed E-state index contributed by atoms with van der Waals surface area (Å²) in [5.74, 6) is 0.752. The lowest BCUT2D eigenvalue weighted by molar-refractivity contribution is 0.0382. The second-order valence-corrected chi connectivity index (χ2v) is 6.37. The van der Waals surface area contributed by atoms with Gasteiger partial charge in [-0.2, -0.15) is 0 Å². The van der Waals surface area contributed by atoms with Gasteiger partial charge in [-0.3, -0.25) is 0 Å². The van der Waals surface area contributed by atoms with Crippen LogP contribution in [0.3, 0.4) is 0 Å². The molecule has 25 heavy (non-hydrogen) atoms. The number of ether oxygens (including phenoxy) is 1. The zero-order valence-corrected chi connectivity index (χ0v) is 14.5. The molecule has 0 fully saturated rings. The van der Waals surface area contributed by atoms with Crippen molar-refractivity contribution in [2.75, 3.05) is 0 Å². The molecule has 4 rings (SSSR count). The number of fused-ring (bicyclic) bond motifs is 1. The number of cyclic esters (lactones) is 1. The number of carbonyl (C=O) groups excluding carboxylic acids is 1. The third-order valence-electron chi connectivity index (χ3n) is 4.31. The number of hydrogen-bond donors (Lipinski definition) is 0. The van der Waals surface area contributed by atoms with Crippen molar-refractivity contribution in [1.82, 2.24) is 9.97 Å². The van der Waals surface area contributed by atoms with Crippen LogP contribution >= 0.6 is 11.6 Å².